The summed E-state index contributed by atoms with van der Waals surface area (Å²) in [7, 11) is 0. The maximum atomic E-state index is 12.8. The Morgan fingerprint density at radius 1 is 1.00 bits per heavy atom. The molecule has 0 saturated heterocycles. The van der Waals surface area contributed by atoms with Gasteiger partial charge in [-0.05, 0) is 43.9 Å². The molecule has 0 aliphatic heterocycles. The molecule has 2 unspecified atom stereocenters. The molecule has 0 aliphatic carbocycles. The molecule has 0 fully saturated rings. The lowest BCUT2D eigenvalue weighted by Gasteiger charge is -2.23. The van der Waals surface area contributed by atoms with Crippen molar-refractivity contribution in [3.63, 3.8) is 0 Å². The van der Waals surface area contributed by atoms with Gasteiger partial charge in [-0.2, -0.15) is 0 Å². The van der Waals surface area contributed by atoms with Gasteiger partial charge in [0.25, 0.3) is 0 Å². The van der Waals surface area contributed by atoms with Crippen molar-refractivity contribution in [2.75, 3.05) is 6.61 Å². The fourth-order valence-electron chi connectivity index (χ4n) is 3.67. The van der Waals surface area contributed by atoms with Crippen molar-refractivity contribution in [3.05, 3.63) is 87.3 Å². The van der Waals surface area contributed by atoms with E-state index < -0.39 is 5.63 Å². The molecule has 0 aliphatic rings. The Balaban J connectivity index is 2.05. The second kappa shape index (κ2) is 8.44. The van der Waals surface area contributed by atoms with Crippen molar-refractivity contribution in [1.29, 1.82) is 0 Å². The molecule has 146 valence electrons. The third-order valence-electron chi connectivity index (χ3n) is 5.12. The highest BCUT2D eigenvalue weighted by molar-refractivity contribution is 5.61. The molecule has 4 heteroatoms. The highest BCUT2D eigenvalue weighted by Crippen LogP contribution is 2.34. The van der Waals surface area contributed by atoms with Gasteiger partial charge in [-0.1, -0.05) is 54.4 Å². The molecule has 0 amide bonds. The smallest absolute Gasteiger partial charge is 0.343 e. The van der Waals surface area contributed by atoms with Crippen molar-refractivity contribution < 1.29 is 14.6 Å². The fraction of sp³-hybridized carbons (Fsp3) is 0.292. The quantitative estimate of drug-likeness (QED) is 0.658. The summed E-state index contributed by atoms with van der Waals surface area (Å²) in [6.45, 7) is 5.73. The number of hydrogen-bond donors (Lipinski definition) is 2. The molecule has 2 aromatic carbocycles. The van der Waals surface area contributed by atoms with Crippen molar-refractivity contribution in [2.24, 2.45) is 5.92 Å². The van der Waals surface area contributed by atoms with E-state index in [2.05, 4.69) is 0 Å². The predicted octanol–water partition coefficient (Wildman–Crippen LogP) is 4.58. The van der Waals surface area contributed by atoms with E-state index in [4.69, 9.17) is 4.42 Å². The van der Waals surface area contributed by atoms with Gasteiger partial charge in [-0.25, -0.2) is 4.79 Å². The highest BCUT2D eigenvalue weighted by Gasteiger charge is 2.27. The maximum Gasteiger partial charge on any atom is 0.343 e. The predicted molar refractivity (Wildman–Crippen MR) is 111 cm³/mol. The van der Waals surface area contributed by atoms with Crippen LogP contribution in [0.2, 0.25) is 0 Å². The van der Waals surface area contributed by atoms with Crippen molar-refractivity contribution in [1.82, 2.24) is 0 Å². The van der Waals surface area contributed by atoms with Crippen LogP contribution in [0.1, 0.15) is 35.1 Å². The minimum absolute atomic E-state index is 0.0881. The Bertz CT molecular complexity index is 985. The molecule has 4 nitrogen and oxygen atoms in total. The van der Waals surface area contributed by atoms with Gasteiger partial charge in [0.1, 0.15) is 11.5 Å². The van der Waals surface area contributed by atoms with Gasteiger partial charge in [0.2, 0.25) is 0 Å². The molecule has 28 heavy (non-hydrogen) atoms. The van der Waals surface area contributed by atoms with E-state index in [-0.39, 0.29) is 29.8 Å². The van der Waals surface area contributed by atoms with Crippen LogP contribution in [0, 0.1) is 19.8 Å². The summed E-state index contributed by atoms with van der Waals surface area (Å²) in [6, 6.07) is 17.1. The number of benzene rings is 2. The van der Waals surface area contributed by atoms with Gasteiger partial charge in [0.05, 0.1) is 5.56 Å². The Hall–Kier alpha value is -2.85. The summed E-state index contributed by atoms with van der Waals surface area (Å²) in [5.41, 5.74) is 3.55. The number of rotatable bonds is 6. The van der Waals surface area contributed by atoms with Crippen LogP contribution in [0.4, 0.5) is 0 Å². The van der Waals surface area contributed by atoms with Crippen LogP contribution >= 0.6 is 0 Å². The zero-order valence-corrected chi connectivity index (χ0v) is 16.5. The summed E-state index contributed by atoms with van der Waals surface area (Å²) in [6.07, 6.45) is 0.532. The molecule has 0 saturated carbocycles. The number of hydrogen-bond acceptors (Lipinski definition) is 4. The third kappa shape index (κ3) is 4.34. The van der Waals surface area contributed by atoms with Gasteiger partial charge >= 0.3 is 5.63 Å². The lowest BCUT2D eigenvalue weighted by molar-refractivity contribution is 0.212. The van der Waals surface area contributed by atoms with E-state index in [0.29, 0.717) is 12.2 Å². The minimum Gasteiger partial charge on any atom is -0.507 e. The Morgan fingerprint density at radius 3 is 2.21 bits per heavy atom. The summed E-state index contributed by atoms with van der Waals surface area (Å²) >= 11 is 0. The van der Waals surface area contributed by atoms with Crippen LogP contribution in [0.3, 0.4) is 0 Å². The summed E-state index contributed by atoms with van der Waals surface area (Å²) in [5, 5.41) is 20.4. The van der Waals surface area contributed by atoms with E-state index in [1.165, 1.54) is 6.07 Å². The molecular weight excluding hydrogens is 352 g/mol. The number of aromatic hydroxyl groups is 1. The third-order valence-corrected chi connectivity index (χ3v) is 5.12. The molecule has 3 rings (SSSR count). The highest BCUT2D eigenvalue weighted by atomic mass is 16.4. The van der Waals surface area contributed by atoms with E-state index in [0.717, 1.165) is 22.3 Å². The standard InChI is InChI=1S/C24H26O4/c1-15-9-16(2)11-19(10-15)22-13-21(26)23(24(27)28-22)20(17(3)14-25)12-18-7-5-4-6-8-18/h4-11,13,17,20,25-26H,12,14H2,1-3H3. The lowest BCUT2D eigenvalue weighted by Crippen LogP contribution is -2.22. The largest absolute Gasteiger partial charge is 0.507 e. The second-order valence-electron chi connectivity index (χ2n) is 7.53. The first-order valence-corrected chi connectivity index (χ1v) is 9.49. The van der Waals surface area contributed by atoms with Crippen molar-refractivity contribution in [2.45, 2.75) is 33.1 Å². The monoisotopic (exact) mass is 378 g/mol. The zero-order valence-electron chi connectivity index (χ0n) is 16.5. The Labute approximate surface area is 165 Å². The van der Waals surface area contributed by atoms with Gasteiger partial charge < -0.3 is 14.6 Å². The van der Waals surface area contributed by atoms with Crippen LogP contribution in [-0.2, 0) is 6.42 Å². The van der Waals surface area contributed by atoms with E-state index in [1.807, 2.05) is 69.3 Å². The zero-order chi connectivity index (χ0) is 20.3. The van der Waals surface area contributed by atoms with E-state index in [9.17, 15) is 15.0 Å². The summed E-state index contributed by atoms with van der Waals surface area (Å²) in [5.74, 6) is -0.308. The molecule has 0 spiro atoms. The topological polar surface area (TPSA) is 70.7 Å². The van der Waals surface area contributed by atoms with Gasteiger partial charge in [0.15, 0.2) is 0 Å². The lowest BCUT2D eigenvalue weighted by atomic mass is 9.83. The Kier molecular flexibility index (Phi) is 6.00. The number of aliphatic hydroxyl groups is 1. The normalized spacial score (nSPS) is 13.3. The van der Waals surface area contributed by atoms with Crippen LogP contribution in [0.15, 0.2) is 63.8 Å². The van der Waals surface area contributed by atoms with E-state index >= 15 is 0 Å². The van der Waals surface area contributed by atoms with Crippen LogP contribution < -0.4 is 5.63 Å². The first-order chi connectivity index (χ1) is 13.4. The van der Waals surface area contributed by atoms with Gasteiger partial charge in [-0.15, -0.1) is 0 Å². The van der Waals surface area contributed by atoms with Crippen molar-refractivity contribution >= 4 is 0 Å². The van der Waals surface area contributed by atoms with Gasteiger partial charge in [-0.3, -0.25) is 0 Å². The first-order valence-electron chi connectivity index (χ1n) is 9.49. The van der Waals surface area contributed by atoms with Crippen LogP contribution in [-0.4, -0.2) is 16.8 Å². The van der Waals surface area contributed by atoms with Crippen molar-refractivity contribution in [3.8, 4) is 17.1 Å². The SMILES string of the molecule is Cc1cc(C)cc(-c2cc(O)c(C(Cc3ccccc3)C(C)CO)c(=O)o2)c1. The average molecular weight is 378 g/mol. The fourth-order valence-corrected chi connectivity index (χ4v) is 3.67. The Morgan fingerprint density at radius 2 is 1.64 bits per heavy atom. The molecule has 2 atom stereocenters. The maximum absolute atomic E-state index is 12.8. The summed E-state index contributed by atoms with van der Waals surface area (Å²) < 4.78 is 5.60. The van der Waals surface area contributed by atoms with Crippen LogP contribution in [0.25, 0.3) is 11.3 Å². The molecule has 2 N–H and O–H groups in total. The molecular formula is C24H26O4. The summed E-state index contributed by atoms with van der Waals surface area (Å²) in [4.78, 5) is 12.8. The second-order valence-corrected chi connectivity index (χ2v) is 7.53. The number of aryl methyl sites for hydroxylation is 2. The molecule has 0 radical (unpaired) electrons. The molecule has 3 aromatic rings. The van der Waals surface area contributed by atoms with E-state index in [1.54, 1.807) is 0 Å². The average Bonchev–Trinajstić information content (AvgIpc) is 2.66. The molecule has 1 heterocycles. The number of aliphatic hydroxyl groups excluding tert-OH is 1. The minimum atomic E-state index is -0.560. The van der Waals surface area contributed by atoms with Gasteiger partial charge in [0, 0.05) is 24.2 Å². The van der Waals surface area contributed by atoms with Crippen LogP contribution in [0.5, 0.6) is 5.75 Å². The molecule has 0 bridgehead atoms. The first kappa shape index (κ1) is 19.9. The molecule has 1 aromatic heterocycles.